The van der Waals surface area contributed by atoms with Gasteiger partial charge in [0.1, 0.15) is 5.75 Å². The van der Waals surface area contributed by atoms with E-state index in [9.17, 15) is 4.79 Å². The molecule has 0 unspecified atom stereocenters. The van der Waals surface area contributed by atoms with Crippen LogP contribution in [0.4, 0.5) is 0 Å². The van der Waals surface area contributed by atoms with Gasteiger partial charge in [0.2, 0.25) is 0 Å². The van der Waals surface area contributed by atoms with Gasteiger partial charge >= 0.3 is 5.97 Å². The molecule has 3 nitrogen and oxygen atoms in total. The molecule has 1 aromatic rings. The number of aliphatic carboxylic acids is 1. The molecule has 1 N–H and O–H groups in total. The largest absolute Gasteiger partial charge is 0.494 e. The van der Waals surface area contributed by atoms with Gasteiger partial charge in [0.15, 0.2) is 0 Å². The molecule has 20 heavy (non-hydrogen) atoms. The maximum absolute atomic E-state index is 10.4. The fourth-order valence-electron chi connectivity index (χ4n) is 1.92. The highest BCUT2D eigenvalue weighted by molar-refractivity contribution is 5.85. The number of hydrogen-bond acceptors (Lipinski definition) is 2. The van der Waals surface area contributed by atoms with Crippen molar-refractivity contribution in [2.45, 2.75) is 45.4 Å². The summed E-state index contributed by atoms with van der Waals surface area (Å²) in [5, 5.41) is 8.54. The Morgan fingerprint density at radius 2 is 1.75 bits per heavy atom. The molecule has 0 fully saturated rings. The van der Waals surface area contributed by atoms with Crippen LogP contribution in [0.3, 0.4) is 0 Å². The van der Waals surface area contributed by atoms with E-state index in [1.54, 1.807) is 6.08 Å². The van der Waals surface area contributed by atoms with Crippen molar-refractivity contribution in [2.75, 3.05) is 6.61 Å². The Kier molecular flexibility index (Phi) is 8.20. The first kappa shape index (κ1) is 16.3. The van der Waals surface area contributed by atoms with E-state index in [0.717, 1.165) is 30.4 Å². The van der Waals surface area contributed by atoms with E-state index in [4.69, 9.17) is 9.84 Å². The van der Waals surface area contributed by atoms with Crippen LogP contribution < -0.4 is 4.74 Å². The highest BCUT2D eigenvalue weighted by Gasteiger charge is 1.95. The van der Waals surface area contributed by atoms with Crippen LogP contribution in [0, 0.1) is 0 Å². The molecule has 0 heterocycles. The van der Waals surface area contributed by atoms with Crippen LogP contribution in [0.25, 0.3) is 6.08 Å². The van der Waals surface area contributed by atoms with Crippen LogP contribution >= 0.6 is 0 Å². The first-order valence-electron chi connectivity index (χ1n) is 7.36. The predicted molar refractivity (Wildman–Crippen MR) is 82.0 cm³/mol. The van der Waals surface area contributed by atoms with Gasteiger partial charge in [-0.2, -0.15) is 0 Å². The fourth-order valence-corrected chi connectivity index (χ4v) is 1.92. The Morgan fingerprint density at radius 1 is 1.10 bits per heavy atom. The second kappa shape index (κ2) is 10.1. The Hall–Kier alpha value is -1.77. The van der Waals surface area contributed by atoms with Gasteiger partial charge in [0, 0.05) is 6.08 Å². The smallest absolute Gasteiger partial charge is 0.328 e. The molecule has 1 aromatic carbocycles. The molecule has 0 aliphatic heterocycles. The van der Waals surface area contributed by atoms with Crippen molar-refractivity contribution in [3.8, 4) is 5.75 Å². The zero-order chi connectivity index (χ0) is 14.6. The molecule has 0 aliphatic rings. The Balaban J connectivity index is 2.20. The van der Waals surface area contributed by atoms with Crippen LogP contribution in [0.1, 0.15) is 51.0 Å². The van der Waals surface area contributed by atoms with Crippen molar-refractivity contribution in [1.82, 2.24) is 0 Å². The standard InChI is InChI=1S/C17H24O3/c1-2-3-4-5-6-7-14-20-16-11-8-15(9-12-16)10-13-17(18)19/h8-13H,2-7,14H2,1H3,(H,18,19)/b13-10-. The van der Waals surface area contributed by atoms with Gasteiger partial charge in [-0.25, -0.2) is 4.79 Å². The minimum atomic E-state index is -0.937. The lowest BCUT2D eigenvalue weighted by Crippen LogP contribution is -1.97. The van der Waals surface area contributed by atoms with E-state index >= 15 is 0 Å². The highest BCUT2D eigenvalue weighted by Crippen LogP contribution is 2.14. The Bertz CT molecular complexity index is 407. The maximum atomic E-state index is 10.4. The number of hydrogen-bond donors (Lipinski definition) is 1. The van der Waals surface area contributed by atoms with Crippen LogP contribution in [0.2, 0.25) is 0 Å². The summed E-state index contributed by atoms with van der Waals surface area (Å²) in [5.41, 5.74) is 0.860. The zero-order valence-corrected chi connectivity index (χ0v) is 12.2. The molecule has 0 amide bonds. The van der Waals surface area contributed by atoms with Gasteiger partial charge < -0.3 is 9.84 Å². The van der Waals surface area contributed by atoms with E-state index < -0.39 is 5.97 Å². The molecule has 110 valence electrons. The normalized spacial score (nSPS) is 10.8. The van der Waals surface area contributed by atoms with Gasteiger partial charge in [-0.1, -0.05) is 51.2 Å². The van der Waals surface area contributed by atoms with Crippen molar-refractivity contribution in [3.63, 3.8) is 0 Å². The van der Waals surface area contributed by atoms with Crippen LogP contribution in [-0.2, 0) is 4.79 Å². The topological polar surface area (TPSA) is 46.5 Å². The van der Waals surface area contributed by atoms with Crippen molar-refractivity contribution >= 4 is 12.0 Å². The van der Waals surface area contributed by atoms with Crippen molar-refractivity contribution in [3.05, 3.63) is 35.9 Å². The second-order valence-corrected chi connectivity index (χ2v) is 4.86. The third kappa shape index (κ3) is 7.62. The van der Waals surface area contributed by atoms with Crippen LogP contribution in [0.15, 0.2) is 30.3 Å². The SMILES string of the molecule is CCCCCCCCOc1ccc(/C=C\C(=O)O)cc1. The number of carboxylic acid groups (broad SMARTS) is 1. The highest BCUT2D eigenvalue weighted by atomic mass is 16.5. The minimum Gasteiger partial charge on any atom is -0.494 e. The molecule has 0 aromatic heterocycles. The molecular formula is C17H24O3. The number of unbranched alkanes of at least 4 members (excludes halogenated alkanes) is 5. The lowest BCUT2D eigenvalue weighted by molar-refractivity contribution is -0.131. The van der Waals surface area contributed by atoms with Crippen molar-refractivity contribution < 1.29 is 14.6 Å². The van der Waals surface area contributed by atoms with Crippen molar-refractivity contribution in [1.29, 1.82) is 0 Å². The summed E-state index contributed by atoms with van der Waals surface area (Å²) in [6.07, 6.45) is 10.2. The molecule has 0 aliphatic carbocycles. The lowest BCUT2D eigenvalue weighted by Gasteiger charge is -2.06. The summed E-state index contributed by atoms with van der Waals surface area (Å²) in [7, 11) is 0. The second-order valence-electron chi connectivity index (χ2n) is 4.86. The summed E-state index contributed by atoms with van der Waals surface area (Å²) in [5.74, 6) is -0.0977. The first-order chi connectivity index (χ1) is 9.72. The van der Waals surface area contributed by atoms with Gasteiger partial charge in [0.05, 0.1) is 6.61 Å². The molecule has 0 saturated heterocycles. The Morgan fingerprint density at radius 3 is 2.40 bits per heavy atom. The van der Waals surface area contributed by atoms with E-state index in [2.05, 4.69) is 6.92 Å². The summed E-state index contributed by atoms with van der Waals surface area (Å²) in [6, 6.07) is 7.46. The van der Waals surface area contributed by atoms with Gasteiger partial charge in [0.25, 0.3) is 0 Å². The number of carboxylic acids is 1. The third-order valence-corrected chi connectivity index (χ3v) is 3.07. The number of benzene rings is 1. The first-order valence-corrected chi connectivity index (χ1v) is 7.36. The number of rotatable bonds is 10. The maximum Gasteiger partial charge on any atom is 0.328 e. The molecule has 0 atom stereocenters. The molecule has 0 spiro atoms. The van der Waals surface area contributed by atoms with E-state index in [1.807, 2.05) is 24.3 Å². The molecular weight excluding hydrogens is 252 g/mol. The summed E-state index contributed by atoms with van der Waals surface area (Å²) < 4.78 is 5.65. The minimum absolute atomic E-state index is 0.746. The average molecular weight is 276 g/mol. The van der Waals surface area contributed by atoms with Crippen LogP contribution in [0.5, 0.6) is 5.75 Å². The summed E-state index contributed by atoms with van der Waals surface area (Å²) in [4.78, 5) is 10.4. The lowest BCUT2D eigenvalue weighted by atomic mass is 10.1. The molecule has 1 rings (SSSR count). The average Bonchev–Trinajstić information content (AvgIpc) is 2.45. The van der Waals surface area contributed by atoms with Gasteiger partial charge in [-0.15, -0.1) is 0 Å². The fraction of sp³-hybridized carbons (Fsp3) is 0.471. The molecule has 0 saturated carbocycles. The third-order valence-electron chi connectivity index (χ3n) is 3.07. The summed E-state index contributed by atoms with van der Waals surface area (Å²) >= 11 is 0. The monoisotopic (exact) mass is 276 g/mol. The van der Waals surface area contributed by atoms with E-state index in [0.29, 0.717) is 0 Å². The predicted octanol–water partition coefficient (Wildman–Crippen LogP) is 4.52. The van der Waals surface area contributed by atoms with Gasteiger partial charge in [-0.05, 0) is 30.2 Å². The van der Waals surface area contributed by atoms with Gasteiger partial charge in [-0.3, -0.25) is 0 Å². The summed E-state index contributed by atoms with van der Waals surface area (Å²) in [6.45, 7) is 2.97. The van der Waals surface area contributed by atoms with Crippen LogP contribution in [-0.4, -0.2) is 17.7 Å². The number of ether oxygens (including phenoxy) is 1. The van der Waals surface area contributed by atoms with E-state index in [-0.39, 0.29) is 0 Å². The zero-order valence-electron chi connectivity index (χ0n) is 12.2. The Labute approximate surface area is 121 Å². The molecule has 0 bridgehead atoms. The quantitative estimate of drug-likeness (QED) is 0.504. The van der Waals surface area contributed by atoms with E-state index in [1.165, 1.54) is 32.1 Å². The van der Waals surface area contributed by atoms with Crippen molar-refractivity contribution in [2.24, 2.45) is 0 Å². The molecule has 0 radical (unpaired) electrons. The molecule has 3 heteroatoms. The number of carbonyl (C=O) groups is 1.